The maximum atomic E-state index is 13.0. The van der Waals surface area contributed by atoms with E-state index in [1.807, 2.05) is 53.3 Å². The van der Waals surface area contributed by atoms with Crippen LogP contribution in [0.1, 0.15) is 24.0 Å². The van der Waals surface area contributed by atoms with Gasteiger partial charge in [0.05, 0.1) is 13.2 Å². The number of carbonyl (C=O) groups excluding carboxylic acids is 2. The third-order valence-corrected chi connectivity index (χ3v) is 6.48. The highest BCUT2D eigenvalue weighted by molar-refractivity contribution is 5.92. The van der Waals surface area contributed by atoms with Gasteiger partial charge in [-0.2, -0.15) is 0 Å². The smallest absolute Gasteiger partial charge is 0.246 e. The van der Waals surface area contributed by atoms with E-state index in [1.165, 1.54) is 5.69 Å². The maximum Gasteiger partial charge on any atom is 0.246 e. The van der Waals surface area contributed by atoms with E-state index in [1.54, 1.807) is 6.08 Å². The van der Waals surface area contributed by atoms with E-state index in [9.17, 15) is 9.59 Å². The minimum Gasteiger partial charge on any atom is -0.378 e. The van der Waals surface area contributed by atoms with Gasteiger partial charge in [-0.1, -0.05) is 42.5 Å². The second-order valence-corrected chi connectivity index (χ2v) is 8.80. The summed E-state index contributed by atoms with van der Waals surface area (Å²) < 4.78 is 5.42. The van der Waals surface area contributed by atoms with Crippen LogP contribution in [0.3, 0.4) is 0 Å². The summed E-state index contributed by atoms with van der Waals surface area (Å²) in [7, 11) is 1.87. The van der Waals surface area contributed by atoms with E-state index in [2.05, 4.69) is 29.2 Å². The Kier molecular flexibility index (Phi) is 7.79. The zero-order chi connectivity index (χ0) is 23.0. The van der Waals surface area contributed by atoms with Crippen LogP contribution in [0.25, 0.3) is 6.08 Å². The standard InChI is InChI=1S/C27H33N3O3/c1-28(21-23-7-10-25(11-8-23)29-17-19-33-20-18-29)27(32)24-13-15-30(16-14-24)26(31)12-9-22-5-3-2-4-6-22/h2-12,24H,13-21H2,1H3/b12-9+. The number of nitrogens with zero attached hydrogens (tertiary/aromatic N) is 3. The number of piperidine rings is 1. The molecule has 2 aliphatic rings. The number of carbonyl (C=O) groups is 2. The molecule has 4 rings (SSSR count). The first-order valence-electron chi connectivity index (χ1n) is 11.8. The summed E-state index contributed by atoms with van der Waals surface area (Å²) in [6, 6.07) is 18.3. The summed E-state index contributed by atoms with van der Waals surface area (Å²) in [5.74, 6) is 0.155. The lowest BCUT2D eigenvalue weighted by atomic mass is 9.95. The van der Waals surface area contributed by atoms with E-state index in [0.29, 0.717) is 32.5 Å². The summed E-state index contributed by atoms with van der Waals surface area (Å²) in [6.07, 6.45) is 4.90. The van der Waals surface area contributed by atoms with Crippen molar-refractivity contribution in [2.75, 3.05) is 51.3 Å². The molecule has 0 atom stereocenters. The molecule has 2 amide bonds. The molecule has 2 heterocycles. The number of likely N-dealkylation sites (tertiary alicyclic amines) is 1. The Labute approximate surface area is 196 Å². The number of ether oxygens (including phenoxy) is 1. The molecular weight excluding hydrogens is 414 g/mol. The monoisotopic (exact) mass is 447 g/mol. The predicted octanol–water partition coefficient (Wildman–Crippen LogP) is 3.43. The number of hydrogen-bond donors (Lipinski definition) is 0. The SMILES string of the molecule is CN(Cc1ccc(N2CCOCC2)cc1)C(=O)C1CCN(C(=O)/C=C/c2ccccc2)CC1. The second kappa shape index (κ2) is 11.1. The normalized spacial score (nSPS) is 17.4. The molecule has 2 aliphatic heterocycles. The lowest BCUT2D eigenvalue weighted by Crippen LogP contribution is -2.42. The number of rotatable bonds is 6. The Bertz CT molecular complexity index is 944. The molecule has 6 heteroatoms. The van der Waals surface area contributed by atoms with Crippen LogP contribution in [-0.2, 0) is 20.9 Å². The molecule has 0 spiro atoms. The molecule has 2 aromatic rings. The number of morpholine rings is 1. The fourth-order valence-corrected chi connectivity index (χ4v) is 4.48. The minimum absolute atomic E-state index is 0.0125. The third kappa shape index (κ3) is 6.23. The predicted molar refractivity (Wildman–Crippen MR) is 131 cm³/mol. The first-order valence-corrected chi connectivity index (χ1v) is 11.8. The van der Waals surface area contributed by atoms with Gasteiger partial charge in [0.15, 0.2) is 0 Å². The number of hydrogen-bond acceptors (Lipinski definition) is 4. The molecule has 0 N–H and O–H groups in total. The van der Waals surface area contributed by atoms with Crippen molar-refractivity contribution in [1.29, 1.82) is 0 Å². The zero-order valence-corrected chi connectivity index (χ0v) is 19.4. The lowest BCUT2D eigenvalue weighted by Gasteiger charge is -2.33. The van der Waals surface area contributed by atoms with Crippen molar-refractivity contribution >= 4 is 23.6 Å². The Morgan fingerprint density at radius 3 is 2.30 bits per heavy atom. The van der Waals surface area contributed by atoms with E-state index in [0.717, 1.165) is 37.4 Å². The van der Waals surface area contributed by atoms with E-state index < -0.39 is 0 Å². The van der Waals surface area contributed by atoms with Gasteiger partial charge < -0.3 is 19.4 Å². The van der Waals surface area contributed by atoms with Crippen LogP contribution >= 0.6 is 0 Å². The minimum atomic E-state index is -0.0234. The van der Waals surface area contributed by atoms with Crippen LogP contribution in [-0.4, -0.2) is 68.1 Å². The number of amides is 2. The van der Waals surface area contributed by atoms with Crippen molar-refractivity contribution in [3.05, 3.63) is 71.8 Å². The van der Waals surface area contributed by atoms with Crippen molar-refractivity contribution in [2.24, 2.45) is 5.92 Å². The van der Waals surface area contributed by atoms with Crippen LogP contribution < -0.4 is 4.90 Å². The molecule has 0 aromatic heterocycles. The number of anilines is 1. The first kappa shape index (κ1) is 23.1. The van der Waals surface area contributed by atoms with Gasteiger partial charge in [-0.25, -0.2) is 0 Å². The average molecular weight is 448 g/mol. The highest BCUT2D eigenvalue weighted by atomic mass is 16.5. The van der Waals surface area contributed by atoms with Gasteiger partial charge in [-0.15, -0.1) is 0 Å². The molecule has 2 aromatic carbocycles. The van der Waals surface area contributed by atoms with E-state index in [-0.39, 0.29) is 17.7 Å². The molecule has 174 valence electrons. The highest BCUT2D eigenvalue weighted by Gasteiger charge is 2.28. The molecule has 0 bridgehead atoms. The Morgan fingerprint density at radius 2 is 1.64 bits per heavy atom. The average Bonchev–Trinajstić information content (AvgIpc) is 2.88. The molecule has 2 fully saturated rings. The van der Waals surface area contributed by atoms with Crippen LogP contribution in [0, 0.1) is 5.92 Å². The lowest BCUT2D eigenvalue weighted by molar-refractivity contribution is -0.138. The van der Waals surface area contributed by atoms with Crippen molar-refractivity contribution in [2.45, 2.75) is 19.4 Å². The van der Waals surface area contributed by atoms with Crippen molar-refractivity contribution in [3.63, 3.8) is 0 Å². The summed E-state index contributed by atoms with van der Waals surface area (Å²) in [5.41, 5.74) is 3.34. The zero-order valence-electron chi connectivity index (χ0n) is 19.4. The van der Waals surface area contributed by atoms with E-state index in [4.69, 9.17) is 4.74 Å². The molecule has 0 aliphatic carbocycles. The third-order valence-electron chi connectivity index (χ3n) is 6.48. The van der Waals surface area contributed by atoms with Crippen LogP contribution in [0.5, 0.6) is 0 Å². The fourth-order valence-electron chi connectivity index (χ4n) is 4.48. The van der Waals surface area contributed by atoms with Gasteiger partial charge in [0.1, 0.15) is 0 Å². The summed E-state index contributed by atoms with van der Waals surface area (Å²) in [6.45, 7) is 5.22. The van der Waals surface area contributed by atoms with Crippen LogP contribution in [0.4, 0.5) is 5.69 Å². The van der Waals surface area contributed by atoms with Crippen molar-refractivity contribution < 1.29 is 14.3 Å². The number of benzene rings is 2. The Morgan fingerprint density at radius 1 is 0.970 bits per heavy atom. The first-order chi connectivity index (χ1) is 16.1. The molecule has 2 saturated heterocycles. The highest BCUT2D eigenvalue weighted by Crippen LogP contribution is 2.22. The van der Waals surface area contributed by atoms with E-state index >= 15 is 0 Å². The van der Waals surface area contributed by atoms with Crippen molar-refractivity contribution in [1.82, 2.24) is 9.80 Å². The summed E-state index contributed by atoms with van der Waals surface area (Å²) >= 11 is 0. The summed E-state index contributed by atoms with van der Waals surface area (Å²) in [4.78, 5) is 31.5. The molecule has 6 nitrogen and oxygen atoms in total. The maximum absolute atomic E-state index is 13.0. The van der Waals surface area contributed by atoms with Gasteiger partial charge in [-0.3, -0.25) is 9.59 Å². The van der Waals surface area contributed by atoms with Gasteiger partial charge in [-0.05, 0) is 42.2 Å². The fraction of sp³-hybridized carbons (Fsp3) is 0.407. The molecule has 0 radical (unpaired) electrons. The molecule has 33 heavy (non-hydrogen) atoms. The largest absolute Gasteiger partial charge is 0.378 e. The second-order valence-electron chi connectivity index (χ2n) is 8.80. The quantitative estimate of drug-likeness (QED) is 0.637. The van der Waals surface area contributed by atoms with Gasteiger partial charge in [0.2, 0.25) is 11.8 Å². The molecular formula is C27H33N3O3. The van der Waals surface area contributed by atoms with Crippen LogP contribution in [0.2, 0.25) is 0 Å². The topological polar surface area (TPSA) is 53.1 Å². The Balaban J connectivity index is 1.24. The van der Waals surface area contributed by atoms with Crippen molar-refractivity contribution in [3.8, 4) is 0 Å². The Hall–Kier alpha value is -3.12. The van der Waals surface area contributed by atoms with Crippen LogP contribution in [0.15, 0.2) is 60.7 Å². The summed E-state index contributed by atoms with van der Waals surface area (Å²) in [5, 5.41) is 0. The molecule has 0 saturated carbocycles. The van der Waals surface area contributed by atoms with Gasteiger partial charge in [0.25, 0.3) is 0 Å². The van der Waals surface area contributed by atoms with Gasteiger partial charge >= 0.3 is 0 Å². The van der Waals surface area contributed by atoms with Gasteiger partial charge in [0, 0.05) is 57.5 Å². The molecule has 0 unspecified atom stereocenters.